The van der Waals surface area contributed by atoms with Crippen LogP contribution in [0.3, 0.4) is 0 Å². The highest BCUT2D eigenvalue weighted by molar-refractivity contribution is 6.11. The highest BCUT2D eigenvalue weighted by Gasteiger charge is 2.57. The number of anilines is 1. The SMILES string of the molecule is O=C1N(CCCNCc2ccc(F)cc2)c2ccccc2C12COc1cc3c(cc12)OCO3. The Bertz CT molecular complexity index is 1230. The first-order valence-corrected chi connectivity index (χ1v) is 11.1. The van der Waals surface area contributed by atoms with Gasteiger partial charge in [-0.15, -0.1) is 0 Å². The van der Waals surface area contributed by atoms with Crippen LogP contribution in [0.2, 0.25) is 0 Å². The van der Waals surface area contributed by atoms with Crippen LogP contribution >= 0.6 is 0 Å². The maximum Gasteiger partial charge on any atom is 0.245 e. The van der Waals surface area contributed by atoms with Gasteiger partial charge in [0, 0.05) is 30.4 Å². The van der Waals surface area contributed by atoms with Crippen molar-refractivity contribution < 1.29 is 23.4 Å². The van der Waals surface area contributed by atoms with Crippen molar-refractivity contribution in [2.45, 2.75) is 18.4 Å². The number of rotatable bonds is 6. The first-order chi connectivity index (χ1) is 16.2. The van der Waals surface area contributed by atoms with E-state index in [1.54, 1.807) is 12.1 Å². The minimum Gasteiger partial charge on any atom is -0.491 e. The molecule has 0 saturated heterocycles. The molecule has 6 nitrogen and oxygen atoms in total. The van der Waals surface area contributed by atoms with Crippen LogP contribution in [0.1, 0.15) is 23.1 Å². The fourth-order valence-corrected chi connectivity index (χ4v) is 4.98. The predicted octanol–water partition coefficient (Wildman–Crippen LogP) is 3.76. The minimum absolute atomic E-state index is 0.0276. The Kier molecular flexibility index (Phi) is 4.73. The van der Waals surface area contributed by atoms with Crippen molar-refractivity contribution in [3.8, 4) is 17.2 Å². The lowest BCUT2D eigenvalue weighted by Crippen LogP contribution is -2.43. The molecule has 6 rings (SSSR count). The number of nitrogens with zero attached hydrogens (tertiary/aromatic N) is 1. The maximum atomic E-state index is 13.9. The predicted molar refractivity (Wildman–Crippen MR) is 120 cm³/mol. The zero-order valence-corrected chi connectivity index (χ0v) is 18.0. The van der Waals surface area contributed by atoms with Crippen LogP contribution in [0.15, 0.2) is 60.7 Å². The highest BCUT2D eigenvalue weighted by atomic mass is 19.1. The van der Waals surface area contributed by atoms with Gasteiger partial charge in [0.05, 0.1) is 0 Å². The summed E-state index contributed by atoms with van der Waals surface area (Å²) in [6.07, 6.45) is 0.784. The molecule has 1 spiro atoms. The average Bonchev–Trinajstić information content (AvgIpc) is 3.51. The minimum atomic E-state index is -0.867. The van der Waals surface area contributed by atoms with E-state index in [0.29, 0.717) is 30.3 Å². The Balaban J connectivity index is 1.21. The summed E-state index contributed by atoms with van der Waals surface area (Å²) in [5.74, 6) is 1.76. The zero-order chi connectivity index (χ0) is 22.4. The summed E-state index contributed by atoms with van der Waals surface area (Å²) in [6, 6.07) is 18.1. The summed E-state index contributed by atoms with van der Waals surface area (Å²) in [5.41, 5.74) is 2.88. The van der Waals surface area contributed by atoms with Crippen molar-refractivity contribution in [2.24, 2.45) is 0 Å². The normalized spacial score (nSPS) is 19.7. The molecule has 0 aliphatic carbocycles. The quantitative estimate of drug-likeness (QED) is 0.585. The van der Waals surface area contributed by atoms with E-state index in [1.165, 1.54) is 12.1 Å². The number of nitrogens with one attached hydrogen (secondary N) is 1. The summed E-state index contributed by atoms with van der Waals surface area (Å²) in [5, 5.41) is 3.37. The van der Waals surface area contributed by atoms with Crippen LogP contribution in [-0.2, 0) is 16.8 Å². The monoisotopic (exact) mass is 446 g/mol. The van der Waals surface area contributed by atoms with Crippen molar-refractivity contribution in [1.82, 2.24) is 5.32 Å². The van der Waals surface area contributed by atoms with Gasteiger partial charge in [0.15, 0.2) is 11.5 Å². The molecule has 7 heteroatoms. The average molecular weight is 446 g/mol. The van der Waals surface area contributed by atoms with E-state index in [1.807, 2.05) is 41.3 Å². The fourth-order valence-electron chi connectivity index (χ4n) is 4.98. The van der Waals surface area contributed by atoms with Crippen molar-refractivity contribution in [2.75, 3.05) is 31.4 Å². The lowest BCUT2D eigenvalue weighted by atomic mass is 9.77. The number of hydrogen-bond acceptors (Lipinski definition) is 5. The third-order valence-corrected chi connectivity index (χ3v) is 6.62. The van der Waals surface area contributed by atoms with Gasteiger partial charge in [-0.05, 0) is 48.4 Å². The zero-order valence-electron chi connectivity index (χ0n) is 18.0. The molecule has 0 saturated carbocycles. The van der Waals surface area contributed by atoms with Gasteiger partial charge in [-0.2, -0.15) is 0 Å². The van der Waals surface area contributed by atoms with E-state index in [0.717, 1.165) is 35.3 Å². The molecule has 0 aromatic heterocycles. The van der Waals surface area contributed by atoms with E-state index in [-0.39, 0.29) is 25.1 Å². The van der Waals surface area contributed by atoms with Gasteiger partial charge in [-0.25, -0.2) is 4.39 Å². The second-order valence-electron chi connectivity index (χ2n) is 8.53. The van der Waals surface area contributed by atoms with Crippen LogP contribution in [0.5, 0.6) is 17.2 Å². The van der Waals surface area contributed by atoms with Crippen molar-refractivity contribution in [1.29, 1.82) is 0 Å². The number of carbonyl (C=O) groups excluding carboxylic acids is 1. The van der Waals surface area contributed by atoms with Gasteiger partial charge in [0.2, 0.25) is 12.7 Å². The summed E-state index contributed by atoms with van der Waals surface area (Å²) in [7, 11) is 0. The standard InChI is InChI=1S/C26H23FN2O4/c27-18-8-6-17(7-9-18)14-28-10-3-11-29-21-5-2-1-4-19(21)26(25(29)30)15-31-22-13-24-23(12-20(22)26)32-16-33-24/h1-2,4-9,12-13,28H,3,10-11,14-16H2. The number of carbonyl (C=O) groups is 1. The molecule has 3 aromatic rings. The van der Waals surface area contributed by atoms with Gasteiger partial charge < -0.3 is 24.4 Å². The number of hydrogen-bond donors (Lipinski definition) is 1. The van der Waals surface area contributed by atoms with E-state index < -0.39 is 5.41 Å². The molecule has 1 atom stereocenters. The largest absolute Gasteiger partial charge is 0.491 e. The fraction of sp³-hybridized carbons (Fsp3) is 0.269. The summed E-state index contributed by atoms with van der Waals surface area (Å²) < 4.78 is 30.1. The maximum absolute atomic E-state index is 13.9. The first-order valence-electron chi connectivity index (χ1n) is 11.1. The topological polar surface area (TPSA) is 60.0 Å². The van der Waals surface area contributed by atoms with Gasteiger partial charge in [-0.1, -0.05) is 30.3 Å². The first kappa shape index (κ1) is 20.1. The van der Waals surface area contributed by atoms with E-state index in [9.17, 15) is 9.18 Å². The molecule has 1 amide bonds. The van der Waals surface area contributed by atoms with Crippen LogP contribution in [-0.4, -0.2) is 32.4 Å². The molecule has 3 aromatic carbocycles. The molecule has 33 heavy (non-hydrogen) atoms. The van der Waals surface area contributed by atoms with Crippen molar-refractivity contribution in [3.63, 3.8) is 0 Å². The third kappa shape index (κ3) is 3.15. The molecule has 3 heterocycles. The van der Waals surface area contributed by atoms with E-state index in [4.69, 9.17) is 14.2 Å². The van der Waals surface area contributed by atoms with Gasteiger partial charge in [0.25, 0.3) is 0 Å². The van der Waals surface area contributed by atoms with Crippen LogP contribution in [0.25, 0.3) is 0 Å². The van der Waals surface area contributed by atoms with Gasteiger partial charge >= 0.3 is 0 Å². The number of ether oxygens (including phenoxy) is 3. The summed E-state index contributed by atoms with van der Waals surface area (Å²) in [4.78, 5) is 15.8. The molecule has 1 unspecified atom stereocenters. The van der Waals surface area contributed by atoms with Crippen LogP contribution in [0.4, 0.5) is 10.1 Å². The number of amides is 1. The second kappa shape index (κ2) is 7.78. The summed E-state index contributed by atoms with van der Waals surface area (Å²) >= 11 is 0. The Morgan fingerprint density at radius 3 is 2.58 bits per heavy atom. The molecule has 3 aliphatic rings. The van der Waals surface area contributed by atoms with Crippen molar-refractivity contribution in [3.05, 3.63) is 83.2 Å². The Labute approximate surface area is 190 Å². The number of halogens is 1. The van der Waals surface area contributed by atoms with E-state index >= 15 is 0 Å². The summed E-state index contributed by atoms with van der Waals surface area (Å²) in [6.45, 7) is 2.42. The number of fused-ring (bicyclic) bond motifs is 5. The highest BCUT2D eigenvalue weighted by Crippen LogP contribution is 2.54. The van der Waals surface area contributed by atoms with Gasteiger partial charge in [0.1, 0.15) is 23.6 Å². The lowest BCUT2D eigenvalue weighted by Gasteiger charge is -2.23. The molecular weight excluding hydrogens is 423 g/mol. The molecule has 0 radical (unpaired) electrons. The lowest BCUT2D eigenvalue weighted by molar-refractivity contribution is -0.122. The van der Waals surface area contributed by atoms with Crippen molar-refractivity contribution >= 4 is 11.6 Å². The molecule has 0 fully saturated rings. The number of para-hydroxylation sites is 1. The molecular formula is C26H23FN2O4. The Hall–Kier alpha value is -3.58. The number of benzene rings is 3. The molecule has 0 bridgehead atoms. The van der Waals surface area contributed by atoms with E-state index in [2.05, 4.69) is 5.32 Å². The molecule has 1 N–H and O–H groups in total. The Morgan fingerprint density at radius 1 is 0.939 bits per heavy atom. The molecule has 168 valence electrons. The smallest absolute Gasteiger partial charge is 0.245 e. The second-order valence-corrected chi connectivity index (χ2v) is 8.53. The third-order valence-electron chi connectivity index (χ3n) is 6.62. The molecule has 3 aliphatic heterocycles. The van der Waals surface area contributed by atoms with Gasteiger partial charge in [-0.3, -0.25) is 4.79 Å². The van der Waals surface area contributed by atoms with Crippen LogP contribution < -0.4 is 24.4 Å². The Morgan fingerprint density at radius 2 is 1.73 bits per heavy atom. The van der Waals surface area contributed by atoms with Crippen LogP contribution in [0, 0.1) is 5.82 Å².